The number of fused-ring (bicyclic) bond motifs is 1. The molecule has 0 saturated carbocycles. The molecule has 0 atom stereocenters. The molecule has 0 radical (unpaired) electrons. The van der Waals surface area contributed by atoms with E-state index in [1.807, 2.05) is 24.3 Å². The molecular weight excluding hydrogens is 376 g/mol. The van der Waals surface area contributed by atoms with Crippen molar-refractivity contribution in [3.63, 3.8) is 0 Å². The summed E-state index contributed by atoms with van der Waals surface area (Å²) in [4.78, 5) is 7.51. The van der Waals surface area contributed by atoms with E-state index in [1.54, 1.807) is 13.4 Å². The van der Waals surface area contributed by atoms with E-state index in [0.29, 0.717) is 0 Å². The van der Waals surface area contributed by atoms with E-state index in [0.717, 1.165) is 73.1 Å². The first kappa shape index (κ1) is 18.9. The molecule has 0 amide bonds. The van der Waals surface area contributed by atoms with Crippen molar-refractivity contribution in [3.8, 4) is 28.3 Å². The highest BCUT2D eigenvalue weighted by atomic mass is 16.5. The number of nitrogens with one attached hydrogen (secondary N) is 1. The second kappa shape index (κ2) is 8.34. The Kier molecular flexibility index (Phi) is 5.26. The maximum Gasteiger partial charge on any atom is 0.137 e. The van der Waals surface area contributed by atoms with Crippen molar-refractivity contribution in [2.75, 3.05) is 33.3 Å². The monoisotopic (exact) mass is 402 g/mol. The zero-order valence-electron chi connectivity index (χ0n) is 17.2. The van der Waals surface area contributed by atoms with E-state index in [2.05, 4.69) is 45.1 Å². The molecule has 6 nitrogen and oxygen atoms in total. The first-order chi connectivity index (χ1) is 14.8. The number of furan rings is 1. The Balaban J connectivity index is 1.61. The lowest BCUT2D eigenvalue weighted by Crippen LogP contribution is -2.28. The number of nitrogens with zero attached hydrogens (tertiary/aromatic N) is 3. The minimum atomic E-state index is 0.850. The van der Waals surface area contributed by atoms with Crippen LogP contribution in [-0.2, 0) is 6.54 Å². The highest BCUT2D eigenvalue weighted by Gasteiger charge is 2.19. The van der Waals surface area contributed by atoms with Gasteiger partial charge in [-0.3, -0.25) is 4.90 Å². The Bertz CT molecular complexity index is 1110. The van der Waals surface area contributed by atoms with Crippen LogP contribution in [0.15, 0.2) is 65.4 Å². The number of benzene rings is 1. The van der Waals surface area contributed by atoms with Crippen LogP contribution in [0.4, 0.5) is 0 Å². The molecule has 5 rings (SSSR count). The van der Waals surface area contributed by atoms with Crippen LogP contribution in [0.25, 0.3) is 28.2 Å². The Labute approximate surface area is 176 Å². The van der Waals surface area contributed by atoms with Crippen LogP contribution in [0.3, 0.4) is 0 Å². The fourth-order valence-corrected chi connectivity index (χ4v) is 4.08. The number of imidazole rings is 1. The van der Waals surface area contributed by atoms with Gasteiger partial charge >= 0.3 is 0 Å². The molecule has 1 saturated heterocycles. The summed E-state index contributed by atoms with van der Waals surface area (Å²) >= 11 is 0. The van der Waals surface area contributed by atoms with Crippen LogP contribution in [0.1, 0.15) is 12.1 Å². The van der Waals surface area contributed by atoms with Gasteiger partial charge in [0.2, 0.25) is 0 Å². The average molecular weight is 402 g/mol. The van der Waals surface area contributed by atoms with Crippen molar-refractivity contribution in [1.82, 2.24) is 19.6 Å². The van der Waals surface area contributed by atoms with Crippen molar-refractivity contribution >= 4 is 5.65 Å². The minimum absolute atomic E-state index is 0.850. The van der Waals surface area contributed by atoms with Crippen LogP contribution in [0.5, 0.6) is 5.75 Å². The number of aromatic nitrogens is 2. The van der Waals surface area contributed by atoms with Gasteiger partial charge in [0.15, 0.2) is 0 Å². The smallest absolute Gasteiger partial charge is 0.137 e. The van der Waals surface area contributed by atoms with Gasteiger partial charge in [-0.2, -0.15) is 0 Å². The molecule has 0 spiro atoms. The van der Waals surface area contributed by atoms with Gasteiger partial charge in [0.05, 0.1) is 24.8 Å². The van der Waals surface area contributed by atoms with Crippen molar-refractivity contribution in [2.45, 2.75) is 13.0 Å². The predicted octanol–water partition coefficient (Wildman–Crippen LogP) is 4.07. The summed E-state index contributed by atoms with van der Waals surface area (Å²) in [5.41, 5.74) is 5.31. The number of methoxy groups -OCH3 is 1. The van der Waals surface area contributed by atoms with Crippen LogP contribution in [0, 0.1) is 0 Å². The SMILES string of the molecule is COc1ccc(-c2nc3ccc(-c4ccco4)cn3c2CN2CCCNCC2)cc1. The van der Waals surface area contributed by atoms with E-state index in [1.165, 1.54) is 5.69 Å². The molecule has 1 fully saturated rings. The maximum absolute atomic E-state index is 5.63. The molecule has 1 aromatic carbocycles. The third kappa shape index (κ3) is 3.72. The molecule has 0 bridgehead atoms. The van der Waals surface area contributed by atoms with Crippen molar-refractivity contribution in [2.24, 2.45) is 0 Å². The molecule has 1 aliphatic rings. The quantitative estimate of drug-likeness (QED) is 0.545. The minimum Gasteiger partial charge on any atom is -0.497 e. The van der Waals surface area contributed by atoms with Crippen LogP contribution < -0.4 is 10.1 Å². The Morgan fingerprint density at radius 1 is 1.03 bits per heavy atom. The largest absolute Gasteiger partial charge is 0.497 e. The second-order valence-electron chi connectivity index (χ2n) is 7.64. The molecule has 0 unspecified atom stereocenters. The Hall–Kier alpha value is -3.09. The summed E-state index contributed by atoms with van der Waals surface area (Å²) in [6.45, 7) is 5.07. The van der Waals surface area contributed by atoms with Crippen molar-refractivity contribution in [1.29, 1.82) is 0 Å². The molecule has 1 aliphatic heterocycles. The standard InChI is InChI=1S/C24H26N4O2/c1-29-20-8-5-18(6-9-20)24-21(17-27-13-3-11-25-12-14-27)28-16-19(7-10-23(28)26-24)22-4-2-15-30-22/h2,4-10,15-16,25H,3,11-14,17H2,1H3. The topological polar surface area (TPSA) is 54.9 Å². The molecule has 3 aromatic heterocycles. The number of hydrogen-bond acceptors (Lipinski definition) is 5. The Morgan fingerprint density at radius 3 is 2.70 bits per heavy atom. The first-order valence-electron chi connectivity index (χ1n) is 10.4. The fraction of sp³-hybridized carbons (Fsp3) is 0.292. The third-order valence-corrected chi connectivity index (χ3v) is 5.69. The van der Waals surface area contributed by atoms with Gasteiger partial charge in [0.25, 0.3) is 0 Å². The van der Waals surface area contributed by atoms with Crippen molar-refractivity contribution in [3.05, 3.63) is 66.7 Å². The lowest BCUT2D eigenvalue weighted by atomic mass is 10.1. The van der Waals surface area contributed by atoms with Gasteiger partial charge in [0.1, 0.15) is 17.2 Å². The van der Waals surface area contributed by atoms with E-state index >= 15 is 0 Å². The molecule has 154 valence electrons. The van der Waals surface area contributed by atoms with Gasteiger partial charge in [-0.15, -0.1) is 0 Å². The van der Waals surface area contributed by atoms with E-state index in [9.17, 15) is 0 Å². The Morgan fingerprint density at radius 2 is 1.90 bits per heavy atom. The van der Waals surface area contributed by atoms with Gasteiger partial charge in [-0.05, 0) is 68.0 Å². The number of pyridine rings is 1. The van der Waals surface area contributed by atoms with Crippen LogP contribution in [-0.4, -0.2) is 47.6 Å². The number of rotatable bonds is 5. The predicted molar refractivity (Wildman–Crippen MR) is 118 cm³/mol. The molecule has 4 aromatic rings. The van der Waals surface area contributed by atoms with E-state index < -0.39 is 0 Å². The summed E-state index contributed by atoms with van der Waals surface area (Å²) in [7, 11) is 1.69. The van der Waals surface area contributed by atoms with Gasteiger partial charge in [-0.1, -0.05) is 0 Å². The zero-order valence-corrected chi connectivity index (χ0v) is 17.2. The van der Waals surface area contributed by atoms with Crippen LogP contribution in [0.2, 0.25) is 0 Å². The molecule has 4 heterocycles. The molecule has 6 heteroatoms. The van der Waals surface area contributed by atoms with E-state index in [4.69, 9.17) is 14.1 Å². The fourth-order valence-electron chi connectivity index (χ4n) is 4.08. The summed E-state index contributed by atoms with van der Waals surface area (Å²) in [5, 5.41) is 3.49. The highest BCUT2D eigenvalue weighted by Crippen LogP contribution is 2.29. The molecule has 30 heavy (non-hydrogen) atoms. The van der Waals surface area contributed by atoms with Gasteiger partial charge in [0, 0.05) is 37.0 Å². The molecule has 1 N–H and O–H groups in total. The van der Waals surface area contributed by atoms with Gasteiger partial charge < -0.3 is 18.9 Å². The highest BCUT2D eigenvalue weighted by molar-refractivity contribution is 5.69. The lowest BCUT2D eigenvalue weighted by Gasteiger charge is -2.20. The van der Waals surface area contributed by atoms with E-state index in [-0.39, 0.29) is 0 Å². The molecular formula is C24H26N4O2. The summed E-state index contributed by atoms with van der Waals surface area (Å²) in [6.07, 6.45) is 5.01. The molecule has 0 aliphatic carbocycles. The van der Waals surface area contributed by atoms with Crippen LogP contribution >= 0.6 is 0 Å². The zero-order chi connectivity index (χ0) is 20.3. The third-order valence-electron chi connectivity index (χ3n) is 5.69. The first-order valence-corrected chi connectivity index (χ1v) is 10.4. The summed E-state index contributed by atoms with van der Waals surface area (Å²) in [5.74, 6) is 1.71. The normalized spacial score (nSPS) is 15.4. The maximum atomic E-state index is 5.63. The second-order valence-corrected chi connectivity index (χ2v) is 7.64. The summed E-state index contributed by atoms with van der Waals surface area (Å²) < 4.78 is 13.2. The van der Waals surface area contributed by atoms with Crippen molar-refractivity contribution < 1.29 is 9.15 Å². The lowest BCUT2D eigenvalue weighted by molar-refractivity contribution is 0.281. The average Bonchev–Trinajstić information content (AvgIpc) is 3.36. The summed E-state index contributed by atoms with van der Waals surface area (Å²) in [6, 6.07) is 16.2. The number of ether oxygens (including phenoxy) is 1. The van der Waals surface area contributed by atoms with Gasteiger partial charge in [-0.25, -0.2) is 4.98 Å². The number of hydrogen-bond donors (Lipinski definition) is 1.